The molecule has 1 amide bonds. The number of thioether (sulfide) groups is 1. The van der Waals surface area contributed by atoms with Crippen LogP contribution in [0.25, 0.3) is 0 Å². The van der Waals surface area contributed by atoms with Gasteiger partial charge in [-0.15, -0.1) is 11.8 Å². The van der Waals surface area contributed by atoms with Crippen molar-refractivity contribution in [3.63, 3.8) is 0 Å². The van der Waals surface area contributed by atoms with Crippen LogP contribution in [0.3, 0.4) is 0 Å². The molecule has 2 aromatic rings. The first-order chi connectivity index (χ1) is 12.6. The molecule has 26 heavy (non-hydrogen) atoms. The molecule has 0 aliphatic carbocycles. The van der Waals surface area contributed by atoms with E-state index in [0.29, 0.717) is 12.3 Å². The lowest BCUT2D eigenvalue weighted by Gasteiger charge is -2.37. The summed E-state index contributed by atoms with van der Waals surface area (Å²) in [7, 11) is 1.89. The summed E-state index contributed by atoms with van der Waals surface area (Å²) < 4.78 is 13.9. The Morgan fingerprint density at radius 3 is 2.69 bits per heavy atom. The van der Waals surface area contributed by atoms with Gasteiger partial charge in [-0.1, -0.05) is 36.4 Å². The van der Waals surface area contributed by atoms with Gasteiger partial charge >= 0.3 is 0 Å². The zero-order chi connectivity index (χ0) is 18.4. The third kappa shape index (κ3) is 5.08. The average molecular weight is 373 g/mol. The number of benzene rings is 2. The van der Waals surface area contributed by atoms with Gasteiger partial charge in [0.25, 0.3) is 0 Å². The van der Waals surface area contributed by atoms with Gasteiger partial charge in [-0.3, -0.25) is 9.69 Å². The number of carbonyl (C=O) groups excluding carboxylic acids is 1. The SMILES string of the molecule is CN(C(=O)CSc1ccccc1)C1CCCN(Cc2ccccc2F)C1. The van der Waals surface area contributed by atoms with Crippen LogP contribution in [0.2, 0.25) is 0 Å². The minimum absolute atomic E-state index is 0.150. The summed E-state index contributed by atoms with van der Waals surface area (Å²) in [5.41, 5.74) is 0.724. The molecule has 138 valence electrons. The van der Waals surface area contributed by atoms with Gasteiger partial charge in [0.05, 0.1) is 5.75 Å². The fourth-order valence-corrected chi connectivity index (χ4v) is 4.17. The van der Waals surface area contributed by atoms with Crippen molar-refractivity contribution in [3.8, 4) is 0 Å². The molecule has 0 spiro atoms. The number of amides is 1. The van der Waals surface area contributed by atoms with Crippen molar-refractivity contribution in [2.24, 2.45) is 0 Å². The van der Waals surface area contributed by atoms with Crippen LogP contribution in [0, 0.1) is 5.82 Å². The highest BCUT2D eigenvalue weighted by atomic mass is 32.2. The number of rotatable bonds is 6. The lowest BCUT2D eigenvalue weighted by molar-refractivity contribution is -0.130. The number of hydrogen-bond acceptors (Lipinski definition) is 3. The minimum atomic E-state index is -0.154. The van der Waals surface area contributed by atoms with E-state index in [1.165, 1.54) is 6.07 Å². The van der Waals surface area contributed by atoms with Crippen LogP contribution in [-0.2, 0) is 11.3 Å². The van der Waals surface area contributed by atoms with Crippen LogP contribution in [0.5, 0.6) is 0 Å². The highest BCUT2D eigenvalue weighted by Crippen LogP contribution is 2.21. The summed E-state index contributed by atoms with van der Waals surface area (Å²) in [4.78, 5) is 17.8. The summed E-state index contributed by atoms with van der Waals surface area (Å²) in [6.07, 6.45) is 2.04. The van der Waals surface area contributed by atoms with Gasteiger partial charge in [-0.05, 0) is 37.6 Å². The van der Waals surface area contributed by atoms with E-state index in [2.05, 4.69) is 4.90 Å². The molecule has 1 saturated heterocycles. The van der Waals surface area contributed by atoms with Crippen LogP contribution in [0.4, 0.5) is 4.39 Å². The smallest absolute Gasteiger partial charge is 0.232 e. The summed E-state index contributed by atoms with van der Waals surface area (Å²) in [6, 6.07) is 17.1. The molecular formula is C21H25FN2OS. The molecular weight excluding hydrogens is 347 g/mol. The predicted molar refractivity (Wildman–Crippen MR) is 105 cm³/mol. The van der Waals surface area contributed by atoms with E-state index in [1.54, 1.807) is 17.8 Å². The Hall–Kier alpha value is -1.85. The van der Waals surface area contributed by atoms with Crippen LogP contribution in [-0.4, -0.2) is 47.6 Å². The maximum atomic E-state index is 13.9. The van der Waals surface area contributed by atoms with Gasteiger partial charge in [0.1, 0.15) is 5.82 Å². The number of halogens is 1. The summed E-state index contributed by atoms with van der Waals surface area (Å²) in [5.74, 6) is 0.444. The quantitative estimate of drug-likeness (QED) is 0.715. The number of hydrogen-bond donors (Lipinski definition) is 0. The van der Waals surface area contributed by atoms with Crippen molar-refractivity contribution >= 4 is 17.7 Å². The second-order valence-corrected chi connectivity index (χ2v) is 7.78. The van der Waals surface area contributed by atoms with Crippen molar-refractivity contribution in [2.45, 2.75) is 30.3 Å². The maximum Gasteiger partial charge on any atom is 0.232 e. The first-order valence-electron chi connectivity index (χ1n) is 9.03. The third-order valence-electron chi connectivity index (χ3n) is 4.88. The predicted octanol–water partition coefficient (Wildman–Crippen LogP) is 4.04. The summed E-state index contributed by atoms with van der Waals surface area (Å²) in [6.45, 7) is 2.35. The molecule has 1 atom stereocenters. The van der Waals surface area contributed by atoms with Crippen molar-refractivity contribution in [3.05, 3.63) is 66.0 Å². The largest absolute Gasteiger partial charge is 0.341 e. The molecule has 0 aromatic heterocycles. The molecule has 0 N–H and O–H groups in total. The molecule has 0 saturated carbocycles. The first-order valence-corrected chi connectivity index (χ1v) is 10.0. The number of carbonyl (C=O) groups is 1. The van der Waals surface area contributed by atoms with Gasteiger partial charge in [-0.2, -0.15) is 0 Å². The normalized spacial score (nSPS) is 17.8. The molecule has 1 heterocycles. The fourth-order valence-electron chi connectivity index (χ4n) is 3.33. The van der Waals surface area contributed by atoms with Crippen molar-refractivity contribution < 1.29 is 9.18 Å². The van der Waals surface area contributed by atoms with Gasteiger partial charge in [0.15, 0.2) is 0 Å². The van der Waals surface area contributed by atoms with Crippen LogP contribution < -0.4 is 0 Å². The van der Waals surface area contributed by atoms with E-state index in [4.69, 9.17) is 0 Å². The molecule has 1 aliphatic rings. The zero-order valence-electron chi connectivity index (χ0n) is 15.1. The van der Waals surface area contributed by atoms with Gasteiger partial charge in [0, 0.05) is 36.6 Å². The lowest BCUT2D eigenvalue weighted by atomic mass is 10.0. The second kappa shape index (κ2) is 9.19. The van der Waals surface area contributed by atoms with Gasteiger partial charge in [-0.25, -0.2) is 4.39 Å². The van der Waals surface area contributed by atoms with Crippen LogP contribution in [0.15, 0.2) is 59.5 Å². The highest BCUT2D eigenvalue weighted by Gasteiger charge is 2.26. The van der Waals surface area contributed by atoms with E-state index in [0.717, 1.165) is 36.4 Å². The molecule has 5 heteroatoms. The molecule has 3 nitrogen and oxygen atoms in total. The molecule has 1 aliphatic heterocycles. The number of likely N-dealkylation sites (N-methyl/N-ethyl adjacent to an activating group) is 1. The van der Waals surface area contributed by atoms with Crippen molar-refractivity contribution in [1.82, 2.24) is 9.80 Å². The van der Waals surface area contributed by atoms with E-state index < -0.39 is 0 Å². The fraction of sp³-hybridized carbons (Fsp3) is 0.381. The van der Waals surface area contributed by atoms with Crippen molar-refractivity contribution in [2.75, 3.05) is 25.9 Å². The topological polar surface area (TPSA) is 23.6 Å². The lowest BCUT2D eigenvalue weighted by Crippen LogP contribution is -2.48. The minimum Gasteiger partial charge on any atom is -0.341 e. The molecule has 1 unspecified atom stereocenters. The monoisotopic (exact) mass is 372 g/mol. The Morgan fingerprint density at radius 2 is 1.92 bits per heavy atom. The molecule has 0 radical (unpaired) electrons. The Kier molecular flexibility index (Phi) is 6.69. The molecule has 3 rings (SSSR count). The Morgan fingerprint density at radius 1 is 1.19 bits per heavy atom. The maximum absolute atomic E-state index is 13.9. The molecule has 0 bridgehead atoms. The van der Waals surface area contributed by atoms with Gasteiger partial charge in [0.2, 0.25) is 5.91 Å². The summed E-state index contributed by atoms with van der Waals surface area (Å²) >= 11 is 1.57. The average Bonchev–Trinajstić information content (AvgIpc) is 2.68. The van der Waals surface area contributed by atoms with E-state index in [1.807, 2.05) is 54.4 Å². The Balaban J connectivity index is 1.53. The first kappa shape index (κ1) is 18.9. The number of likely N-dealkylation sites (tertiary alicyclic amines) is 1. The molecule has 1 fully saturated rings. The Labute approximate surface area is 159 Å². The third-order valence-corrected chi connectivity index (χ3v) is 5.88. The zero-order valence-corrected chi connectivity index (χ0v) is 15.9. The van der Waals surface area contributed by atoms with Crippen molar-refractivity contribution in [1.29, 1.82) is 0 Å². The number of piperidine rings is 1. The van der Waals surface area contributed by atoms with Crippen LogP contribution in [0.1, 0.15) is 18.4 Å². The van der Waals surface area contributed by atoms with E-state index >= 15 is 0 Å². The standard InChI is InChI=1S/C21H25FN2OS/c1-23(21(25)16-26-19-10-3-2-4-11-19)18-9-7-13-24(15-18)14-17-8-5-6-12-20(17)22/h2-6,8,10-12,18H,7,9,13-16H2,1H3. The van der Waals surface area contributed by atoms with E-state index in [-0.39, 0.29) is 17.8 Å². The van der Waals surface area contributed by atoms with Gasteiger partial charge < -0.3 is 4.90 Å². The second-order valence-electron chi connectivity index (χ2n) is 6.73. The number of nitrogens with zero attached hydrogens (tertiary/aromatic N) is 2. The molecule has 2 aromatic carbocycles. The highest BCUT2D eigenvalue weighted by molar-refractivity contribution is 8.00. The Bertz CT molecular complexity index is 725. The van der Waals surface area contributed by atoms with Crippen LogP contribution >= 0.6 is 11.8 Å². The van der Waals surface area contributed by atoms with E-state index in [9.17, 15) is 9.18 Å². The summed E-state index contributed by atoms with van der Waals surface area (Å²) in [5, 5.41) is 0.